The van der Waals surface area contributed by atoms with E-state index in [1.54, 1.807) is 30.2 Å². The molecule has 1 saturated heterocycles. The van der Waals surface area contributed by atoms with E-state index in [4.69, 9.17) is 19.3 Å². The normalized spacial score (nSPS) is 20.4. The van der Waals surface area contributed by atoms with Crippen LogP contribution in [0.2, 0.25) is 0 Å². The third-order valence-electron chi connectivity index (χ3n) is 4.01. The molecule has 1 N–H and O–H groups in total. The van der Waals surface area contributed by atoms with E-state index in [0.29, 0.717) is 30.0 Å². The Morgan fingerprint density at radius 1 is 1.22 bits per heavy atom. The van der Waals surface area contributed by atoms with Crippen molar-refractivity contribution in [2.24, 2.45) is 0 Å². The molecule has 7 heteroatoms. The summed E-state index contributed by atoms with van der Waals surface area (Å²) in [7, 11) is 4.58. The zero-order chi connectivity index (χ0) is 17.0. The highest BCUT2D eigenvalue weighted by Gasteiger charge is 2.37. The first-order valence-corrected chi connectivity index (χ1v) is 7.27. The molecule has 0 spiro atoms. The predicted octanol–water partition coefficient (Wildman–Crippen LogP) is 1.41. The van der Waals surface area contributed by atoms with Crippen molar-refractivity contribution in [3.63, 3.8) is 0 Å². The SMILES string of the molecule is COc1ccc(C(=O)N2CC(OC)CC2CC(=O)O)cc1OC. The molecule has 0 radical (unpaired) electrons. The largest absolute Gasteiger partial charge is 0.493 e. The van der Waals surface area contributed by atoms with Gasteiger partial charge >= 0.3 is 5.97 Å². The summed E-state index contributed by atoms with van der Waals surface area (Å²) in [6.07, 6.45) is 0.268. The van der Waals surface area contributed by atoms with Crippen LogP contribution in [0.4, 0.5) is 0 Å². The lowest BCUT2D eigenvalue weighted by molar-refractivity contribution is -0.137. The maximum absolute atomic E-state index is 12.7. The number of aliphatic carboxylic acids is 1. The minimum atomic E-state index is -0.933. The summed E-state index contributed by atoms with van der Waals surface area (Å²) < 4.78 is 15.7. The number of hydrogen-bond donors (Lipinski definition) is 1. The second-order valence-electron chi connectivity index (χ2n) is 5.37. The molecule has 0 saturated carbocycles. The Morgan fingerprint density at radius 2 is 1.91 bits per heavy atom. The number of nitrogens with zero attached hydrogens (tertiary/aromatic N) is 1. The number of ether oxygens (including phenoxy) is 3. The highest BCUT2D eigenvalue weighted by molar-refractivity contribution is 5.95. The van der Waals surface area contributed by atoms with Crippen molar-refractivity contribution in [2.75, 3.05) is 27.9 Å². The molecule has 7 nitrogen and oxygen atoms in total. The maximum Gasteiger partial charge on any atom is 0.305 e. The van der Waals surface area contributed by atoms with Crippen LogP contribution >= 0.6 is 0 Å². The minimum absolute atomic E-state index is 0.0983. The average Bonchev–Trinajstić information content (AvgIpc) is 2.95. The Bertz CT molecular complexity index is 588. The number of carboxylic acids is 1. The second-order valence-corrected chi connectivity index (χ2v) is 5.37. The summed E-state index contributed by atoms with van der Waals surface area (Å²) in [4.78, 5) is 25.3. The second kappa shape index (κ2) is 7.32. The third kappa shape index (κ3) is 3.73. The van der Waals surface area contributed by atoms with Crippen LogP contribution in [0.5, 0.6) is 11.5 Å². The summed E-state index contributed by atoms with van der Waals surface area (Å²) in [5.41, 5.74) is 0.426. The van der Waals surface area contributed by atoms with Crippen LogP contribution in [0.1, 0.15) is 23.2 Å². The van der Waals surface area contributed by atoms with Crippen LogP contribution in [0, 0.1) is 0 Å². The van der Waals surface area contributed by atoms with Crippen LogP contribution in [-0.4, -0.2) is 61.9 Å². The number of benzene rings is 1. The van der Waals surface area contributed by atoms with Gasteiger partial charge in [-0.2, -0.15) is 0 Å². The molecule has 1 heterocycles. The average molecular weight is 323 g/mol. The number of amides is 1. The first-order valence-electron chi connectivity index (χ1n) is 7.27. The van der Waals surface area contributed by atoms with E-state index >= 15 is 0 Å². The smallest absolute Gasteiger partial charge is 0.305 e. The first kappa shape index (κ1) is 17.1. The van der Waals surface area contributed by atoms with Gasteiger partial charge < -0.3 is 24.2 Å². The van der Waals surface area contributed by atoms with Gasteiger partial charge in [0.05, 0.1) is 26.7 Å². The fourth-order valence-electron chi connectivity index (χ4n) is 2.82. The van der Waals surface area contributed by atoms with Crippen molar-refractivity contribution in [1.29, 1.82) is 0 Å². The van der Waals surface area contributed by atoms with Crippen molar-refractivity contribution in [1.82, 2.24) is 4.90 Å². The summed E-state index contributed by atoms with van der Waals surface area (Å²) >= 11 is 0. The Balaban J connectivity index is 2.25. The maximum atomic E-state index is 12.7. The van der Waals surface area contributed by atoms with Crippen molar-refractivity contribution in [3.8, 4) is 11.5 Å². The zero-order valence-electron chi connectivity index (χ0n) is 13.4. The molecule has 0 aromatic heterocycles. The fourth-order valence-corrected chi connectivity index (χ4v) is 2.82. The number of carbonyl (C=O) groups is 2. The van der Waals surface area contributed by atoms with Crippen LogP contribution in [0.3, 0.4) is 0 Å². The molecular formula is C16H21NO6. The number of likely N-dealkylation sites (tertiary alicyclic amines) is 1. The minimum Gasteiger partial charge on any atom is -0.493 e. The fraction of sp³-hybridized carbons (Fsp3) is 0.500. The molecule has 23 heavy (non-hydrogen) atoms. The van der Waals surface area contributed by atoms with Gasteiger partial charge in [-0.1, -0.05) is 0 Å². The third-order valence-corrected chi connectivity index (χ3v) is 4.01. The van der Waals surface area contributed by atoms with Crippen LogP contribution in [0.25, 0.3) is 0 Å². The van der Waals surface area contributed by atoms with E-state index in [2.05, 4.69) is 0 Å². The number of hydrogen-bond acceptors (Lipinski definition) is 5. The molecule has 126 valence electrons. The van der Waals surface area contributed by atoms with E-state index in [1.807, 2.05) is 0 Å². The summed E-state index contributed by atoms with van der Waals surface area (Å²) in [5, 5.41) is 9.04. The van der Waals surface area contributed by atoms with E-state index in [1.165, 1.54) is 14.2 Å². The van der Waals surface area contributed by atoms with Crippen LogP contribution in [-0.2, 0) is 9.53 Å². The lowest BCUT2D eigenvalue weighted by atomic mass is 10.1. The van der Waals surface area contributed by atoms with Gasteiger partial charge in [-0.05, 0) is 24.6 Å². The van der Waals surface area contributed by atoms with Gasteiger partial charge in [-0.3, -0.25) is 9.59 Å². The monoisotopic (exact) mass is 323 g/mol. The van der Waals surface area contributed by atoms with Crippen molar-refractivity contribution >= 4 is 11.9 Å². The standard InChI is InChI=1S/C16H21NO6/c1-21-12-7-11(8-15(18)19)17(9-12)16(20)10-4-5-13(22-2)14(6-10)23-3/h4-6,11-12H,7-9H2,1-3H3,(H,18,19). The topological polar surface area (TPSA) is 85.3 Å². The molecule has 1 aliphatic heterocycles. The molecule has 2 atom stereocenters. The number of rotatable bonds is 6. The first-order chi connectivity index (χ1) is 11.0. The van der Waals surface area contributed by atoms with Gasteiger partial charge in [0.15, 0.2) is 11.5 Å². The van der Waals surface area contributed by atoms with E-state index in [0.717, 1.165) is 0 Å². The zero-order valence-corrected chi connectivity index (χ0v) is 13.4. The highest BCUT2D eigenvalue weighted by atomic mass is 16.5. The molecular weight excluding hydrogens is 302 g/mol. The van der Waals surface area contributed by atoms with E-state index < -0.39 is 5.97 Å². The van der Waals surface area contributed by atoms with Crippen molar-refractivity contribution in [2.45, 2.75) is 25.0 Å². The molecule has 2 unspecified atom stereocenters. The van der Waals surface area contributed by atoms with Gasteiger partial charge in [0, 0.05) is 25.3 Å². The Labute approximate surface area is 134 Å². The van der Waals surface area contributed by atoms with E-state index in [-0.39, 0.29) is 24.5 Å². The number of methoxy groups -OCH3 is 3. The van der Waals surface area contributed by atoms with Gasteiger partial charge in [0.25, 0.3) is 5.91 Å². The van der Waals surface area contributed by atoms with Crippen molar-refractivity contribution < 1.29 is 28.9 Å². The van der Waals surface area contributed by atoms with Gasteiger partial charge in [0.1, 0.15) is 0 Å². The Morgan fingerprint density at radius 3 is 2.48 bits per heavy atom. The predicted molar refractivity (Wildman–Crippen MR) is 82.0 cm³/mol. The van der Waals surface area contributed by atoms with Gasteiger partial charge in [-0.15, -0.1) is 0 Å². The summed E-state index contributed by atoms with van der Waals surface area (Å²) in [6.45, 7) is 0.377. The summed E-state index contributed by atoms with van der Waals surface area (Å²) in [5.74, 6) is -0.188. The molecule has 2 rings (SSSR count). The van der Waals surface area contributed by atoms with Gasteiger partial charge in [-0.25, -0.2) is 0 Å². The lowest BCUT2D eigenvalue weighted by Gasteiger charge is -2.23. The van der Waals surface area contributed by atoms with Crippen LogP contribution in [0.15, 0.2) is 18.2 Å². The molecule has 0 bridgehead atoms. The van der Waals surface area contributed by atoms with Crippen molar-refractivity contribution in [3.05, 3.63) is 23.8 Å². The Hall–Kier alpha value is -2.28. The molecule has 1 fully saturated rings. The lowest BCUT2D eigenvalue weighted by Crippen LogP contribution is -2.37. The Kier molecular flexibility index (Phi) is 5.44. The van der Waals surface area contributed by atoms with E-state index in [9.17, 15) is 9.59 Å². The number of carboxylic acid groups (broad SMARTS) is 1. The molecule has 1 aromatic rings. The summed E-state index contributed by atoms with van der Waals surface area (Å²) in [6, 6.07) is 4.51. The molecule has 1 amide bonds. The quantitative estimate of drug-likeness (QED) is 0.852. The van der Waals surface area contributed by atoms with Crippen LogP contribution < -0.4 is 9.47 Å². The highest BCUT2D eigenvalue weighted by Crippen LogP contribution is 2.30. The molecule has 0 aliphatic carbocycles. The van der Waals surface area contributed by atoms with Gasteiger partial charge in [0.2, 0.25) is 0 Å². The number of carbonyl (C=O) groups excluding carboxylic acids is 1. The molecule has 1 aliphatic rings. The molecule has 1 aromatic carbocycles.